The van der Waals surface area contributed by atoms with Gasteiger partial charge >= 0.3 is 6.18 Å². The van der Waals surface area contributed by atoms with E-state index in [4.69, 9.17) is 4.74 Å². The smallest absolute Gasteiger partial charge is 0.416 e. The van der Waals surface area contributed by atoms with Crippen molar-refractivity contribution >= 4 is 11.8 Å². The van der Waals surface area contributed by atoms with Crippen molar-refractivity contribution in [2.75, 3.05) is 19.7 Å². The quantitative estimate of drug-likeness (QED) is 0.564. The zero-order valence-electron chi connectivity index (χ0n) is 17.8. The Morgan fingerprint density at radius 3 is 2.31 bits per heavy atom. The van der Waals surface area contributed by atoms with Gasteiger partial charge in [-0.25, -0.2) is 0 Å². The minimum absolute atomic E-state index is 0.0203. The Kier molecular flexibility index (Phi) is 6.38. The van der Waals surface area contributed by atoms with Crippen LogP contribution < -0.4 is 15.4 Å². The van der Waals surface area contributed by atoms with E-state index in [1.807, 2.05) is 0 Å². The summed E-state index contributed by atoms with van der Waals surface area (Å²) in [4.78, 5) is 25.0. The van der Waals surface area contributed by atoms with E-state index in [0.29, 0.717) is 17.8 Å². The monoisotopic (exact) mass is 454 g/mol. The molecule has 1 aromatic rings. The van der Waals surface area contributed by atoms with E-state index in [1.165, 1.54) is 31.4 Å². The van der Waals surface area contributed by atoms with Crippen molar-refractivity contribution in [2.45, 2.75) is 50.8 Å². The number of amides is 2. The molecule has 0 aromatic heterocycles. The highest BCUT2D eigenvalue weighted by Gasteiger charge is 2.54. The van der Waals surface area contributed by atoms with Crippen molar-refractivity contribution in [3.63, 3.8) is 0 Å². The maximum atomic E-state index is 12.9. The number of halogens is 3. The van der Waals surface area contributed by atoms with Gasteiger partial charge in [0.25, 0.3) is 0 Å². The molecule has 2 amide bonds. The number of ether oxygens (including phenoxy) is 1. The Morgan fingerprint density at radius 2 is 1.72 bits per heavy atom. The number of alkyl halides is 3. The van der Waals surface area contributed by atoms with E-state index in [9.17, 15) is 27.9 Å². The molecule has 4 aliphatic rings. The Morgan fingerprint density at radius 1 is 1.09 bits per heavy atom. The summed E-state index contributed by atoms with van der Waals surface area (Å²) in [7, 11) is 0. The highest BCUT2D eigenvalue weighted by atomic mass is 19.4. The lowest BCUT2D eigenvalue weighted by Crippen LogP contribution is -2.54. The second-order valence-electron chi connectivity index (χ2n) is 9.68. The molecule has 1 atom stereocenters. The molecule has 0 aliphatic heterocycles. The number of rotatable bonds is 8. The van der Waals surface area contributed by atoms with Crippen LogP contribution in [0.15, 0.2) is 24.3 Å². The SMILES string of the molecule is O=C(CNC(=O)C12CC3CC(CC(C3)C1)C2)NCC(O)COc1cccc(C(F)(F)F)c1. The summed E-state index contributed by atoms with van der Waals surface area (Å²) in [5.74, 6) is 1.41. The minimum atomic E-state index is -4.48. The Bertz CT molecular complexity index is 823. The van der Waals surface area contributed by atoms with Gasteiger partial charge in [-0.3, -0.25) is 9.59 Å². The zero-order chi connectivity index (χ0) is 22.9. The highest BCUT2D eigenvalue weighted by molar-refractivity contribution is 5.88. The number of hydrogen-bond acceptors (Lipinski definition) is 4. The van der Waals surface area contributed by atoms with Crippen LogP contribution in [-0.4, -0.2) is 42.7 Å². The third-order valence-corrected chi connectivity index (χ3v) is 7.07. The zero-order valence-corrected chi connectivity index (χ0v) is 17.8. The first kappa shape index (κ1) is 22.9. The van der Waals surface area contributed by atoms with Crippen LogP contribution in [0.4, 0.5) is 13.2 Å². The number of carbonyl (C=O) groups excluding carboxylic acids is 2. The van der Waals surface area contributed by atoms with Crippen molar-refractivity contribution in [3.8, 4) is 5.75 Å². The molecule has 3 N–H and O–H groups in total. The van der Waals surface area contributed by atoms with Crippen LogP contribution >= 0.6 is 0 Å². The standard InChI is InChI=1S/C23H29F3N2O4/c24-23(25,26)17-2-1-3-19(7-17)32-13-18(29)11-27-20(30)12-28-21(31)22-8-14-4-15(9-22)6-16(5-14)10-22/h1-3,7,14-16,18,29H,4-6,8-13H2,(H,27,30)(H,28,31). The highest BCUT2D eigenvalue weighted by Crippen LogP contribution is 2.60. The van der Waals surface area contributed by atoms with Gasteiger partial charge in [0.1, 0.15) is 18.5 Å². The largest absolute Gasteiger partial charge is 0.491 e. The van der Waals surface area contributed by atoms with Crippen LogP contribution in [0.25, 0.3) is 0 Å². The fourth-order valence-electron chi connectivity index (χ4n) is 6.04. The van der Waals surface area contributed by atoms with E-state index >= 15 is 0 Å². The molecule has 4 aliphatic carbocycles. The van der Waals surface area contributed by atoms with Crippen molar-refractivity contribution in [1.82, 2.24) is 10.6 Å². The molecule has 4 saturated carbocycles. The summed E-state index contributed by atoms with van der Waals surface area (Å²) >= 11 is 0. The Hall–Kier alpha value is -2.29. The maximum Gasteiger partial charge on any atom is 0.416 e. The lowest BCUT2D eigenvalue weighted by atomic mass is 9.49. The summed E-state index contributed by atoms with van der Waals surface area (Å²) in [6.45, 7) is -0.575. The number of benzene rings is 1. The van der Waals surface area contributed by atoms with Gasteiger partial charge in [0.05, 0.1) is 12.1 Å². The van der Waals surface area contributed by atoms with Crippen molar-refractivity contribution in [1.29, 1.82) is 0 Å². The number of aliphatic hydroxyl groups is 1. The van der Waals surface area contributed by atoms with Crippen LogP contribution in [0, 0.1) is 23.2 Å². The molecular formula is C23H29F3N2O4. The first-order valence-electron chi connectivity index (χ1n) is 11.2. The van der Waals surface area contributed by atoms with Crippen LogP contribution in [0.5, 0.6) is 5.75 Å². The summed E-state index contributed by atoms with van der Waals surface area (Å²) < 4.78 is 43.4. The van der Waals surface area contributed by atoms with E-state index in [2.05, 4.69) is 10.6 Å². The van der Waals surface area contributed by atoms with Gasteiger partial charge in [-0.15, -0.1) is 0 Å². The van der Waals surface area contributed by atoms with Crippen molar-refractivity contribution in [2.24, 2.45) is 23.2 Å². The molecule has 5 rings (SSSR count). The van der Waals surface area contributed by atoms with Gasteiger partial charge in [0, 0.05) is 12.0 Å². The molecule has 0 heterocycles. The van der Waals surface area contributed by atoms with E-state index in [-0.39, 0.29) is 36.8 Å². The second kappa shape index (κ2) is 8.92. The lowest BCUT2D eigenvalue weighted by molar-refractivity contribution is -0.147. The normalized spacial score (nSPS) is 29.4. The van der Waals surface area contributed by atoms with Crippen molar-refractivity contribution in [3.05, 3.63) is 29.8 Å². The number of aliphatic hydroxyl groups excluding tert-OH is 1. The molecule has 4 fully saturated rings. The number of nitrogens with one attached hydrogen (secondary N) is 2. The number of carbonyl (C=O) groups is 2. The third kappa shape index (κ3) is 5.19. The molecular weight excluding hydrogens is 425 g/mol. The fourth-order valence-corrected chi connectivity index (χ4v) is 6.04. The molecule has 1 aromatic carbocycles. The average molecular weight is 454 g/mol. The van der Waals surface area contributed by atoms with Gasteiger partial charge in [-0.1, -0.05) is 6.07 Å². The second-order valence-corrected chi connectivity index (χ2v) is 9.68. The molecule has 32 heavy (non-hydrogen) atoms. The van der Waals surface area contributed by atoms with Crippen molar-refractivity contribution < 1.29 is 32.6 Å². The molecule has 9 heteroatoms. The van der Waals surface area contributed by atoms with Gasteiger partial charge in [-0.05, 0) is 74.5 Å². The molecule has 0 radical (unpaired) electrons. The predicted octanol–water partition coefficient (Wildman–Crippen LogP) is 2.89. The summed E-state index contributed by atoms with van der Waals surface area (Å²) in [5, 5.41) is 15.3. The Labute approximate surface area is 184 Å². The van der Waals surface area contributed by atoms with Crippen LogP contribution in [0.3, 0.4) is 0 Å². The summed E-state index contributed by atoms with van der Waals surface area (Å²) in [6, 6.07) is 4.37. The molecule has 4 bridgehead atoms. The number of hydrogen-bond donors (Lipinski definition) is 3. The maximum absolute atomic E-state index is 12.9. The summed E-state index contributed by atoms with van der Waals surface area (Å²) in [5.41, 5.74) is -1.17. The molecule has 6 nitrogen and oxygen atoms in total. The topological polar surface area (TPSA) is 87.7 Å². The van der Waals surface area contributed by atoms with Crippen LogP contribution in [0.1, 0.15) is 44.1 Å². The molecule has 1 unspecified atom stereocenters. The first-order chi connectivity index (χ1) is 15.1. The Balaban J connectivity index is 1.17. The lowest BCUT2D eigenvalue weighted by Gasteiger charge is -2.55. The first-order valence-corrected chi connectivity index (χ1v) is 11.2. The molecule has 0 saturated heterocycles. The fraction of sp³-hybridized carbons (Fsp3) is 0.652. The van der Waals surface area contributed by atoms with Gasteiger partial charge in [0.2, 0.25) is 11.8 Å². The molecule has 176 valence electrons. The summed E-state index contributed by atoms with van der Waals surface area (Å²) in [6.07, 6.45) is 0.849. The van der Waals surface area contributed by atoms with Gasteiger partial charge in [0.15, 0.2) is 0 Å². The van der Waals surface area contributed by atoms with Crippen LogP contribution in [0.2, 0.25) is 0 Å². The average Bonchev–Trinajstić information content (AvgIpc) is 2.73. The van der Waals surface area contributed by atoms with E-state index in [0.717, 1.165) is 31.4 Å². The van der Waals surface area contributed by atoms with Gasteiger partial charge in [-0.2, -0.15) is 13.2 Å². The molecule has 0 spiro atoms. The van der Waals surface area contributed by atoms with E-state index < -0.39 is 23.8 Å². The van der Waals surface area contributed by atoms with E-state index in [1.54, 1.807) is 0 Å². The van der Waals surface area contributed by atoms with Crippen LogP contribution in [-0.2, 0) is 15.8 Å². The van der Waals surface area contributed by atoms with Gasteiger partial charge < -0.3 is 20.5 Å². The predicted molar refractivity (Wildman–Crippen MR) is 110 cm³/mol. The minimum Gasteiger partial charge on any atom is -0.491 e. The third-order valence-electron chi connectivity index (χ3n) is 7.07.